The van der Waals surface area contributed by atoms with Gasteiger partial charge in [-0.3, -0.25) is 4.79 Å². The normalized spacial score (nSPS) is 23.1. The molecule has 2 aliphatic rings. The number of hydrogen-bond acceptors (Lipinski definition) is 7. The van der Waals surface area contributed by atoms with Crippen LogP contribution < -0.4 is 14.6 Å². The molecule has 2 aromatic carbocycles. The maximum absolute atomic E-state index is 12.8. The largest absolute Gasteiger partial charge is 0.488 e. The molecule has 1 fully saturated rings. The highest BCUT2D eigenvalue weighted by molar-refractivity contribution is 7.32. The summed E-state index contributed by atoms with van der Waals surface area (Å²) < 4.78 is 11.4. The van der Waals surface area contributed by atoms with Gasteiger partial charge in [0.15, 0.2) is 7.98 Å². The Balaban J connectivity index is 1.67. The third-order valence-corrected chi connectivity index (χ3v) is 6.84. The minimum atomic E-state index is -0.811. The first-order valence-electron chi connectivity index (χ1n) is 10.8. The predicted octanol–water partition coefficient (Wildman–Crippen LogP) is 2.12. The first-order valence-corrected chi connectivity index (χ1v) is 11.7. The lowest BCUT2D eigenvalue weighted by Crippen LogP contribution is -2.63. The number of ether oxygens (including phenoxy) is 1. The van der Waals surface area contributed by atoms with Crippen molar-refractivity contribution in [1.82, 2.24) is 9.90 Å². The quantitative estimate of drug-likeness (QED) is 0.349. The van der Waals surface area contributed by atoms with Crippen LogP contribution in [0.5, 0.6) is 5.75 Å². The van der Waals surface area contributed by atoms with Crippen molar-refractivity contribution >= 4 is 45.3 Å². The molecular formula is C23H27BN3O5P. The molecule has 0 aliphatic carbocycles. The van der Waals surface area contributed by atoms with Crippen LogP contribution in [0.15, 0.2) is 47.7 Å². The van der Waals surface area contributed by atoms with E-state index in [9.17, 15) is 14.7 Å². The third-order valence-electron chi connectivity index (χ3n) is 6.44. The lowest BCUT2D eigenvalue weighted by molar-refractivity contribution is -0.162. The van der Waals surface area contributed by atoms with Crippen LogP contribution >= 0.6 is 8.96 Å². The average Bonchev–Trinajstić information content (AvgIpc) is 3.03. The first-order chi connectivity index (χ1) is 15.8. The van der Waals surface area contributed by atoms with Crippen LogP contribution in [0.25, 0.3) is 10.8 Å². The van der Waals surface area contributed by atoms with E-state index in [4.69, 9.17) is 17.2 Å². The Hall–Kier alpha value is -2.61. The van der Waals surface area contributed by atoms with Gasteiger partial charge in [0.05, 0.1) is 18.1 Å². The summed E-state index contributed by atoms with van der Waals surface area (Å²) in [5, 5.41) is 12.1. The number of aliphatic hydroxyl groups is 1. The van der Waals surface area contributed by atoms with Gasteiger partial charge in [-0.1, -0.05) is 31.2 Å². The zero-order chi connectivity index (χ0) is 23.9. The van der Waals surface area contributed by atoms with Crippen molar-refractivity contribution in [2.45, 2.75) is 26.0 Å². The second-order valence-corrected chi connectivity index (χ2v) is 9.27. The Morgan fingerprint density at radius 1 is 1.27 bits per heavy atom. The van der Waals surface area contributed by atoms with Crippen molar-refractivity contribution < 1.29 is 24.0 Å². The Morgan fingerprint density at radius 3 is 2.64 bits per heavy atom. The highest BCUT2D eigenvalue weighted by Crippen LogP contribution is 2.48. The third kappa shape index (κ3) is 3.99. The van der Waals surface area contributed by atoms with Crippen LogP contribution in [0, 0.1) is 11.8 Å². The molecule has 8 nitrogen and oxygen atoms in total. The smallest absolute Gasteiger partial charge is 0.358 e. The average molecular weight is 467 g/mol. The highest BCUT2D eigenvalue weighted by Gasteiger charge is 2.60. The molecule has 4 rings (SSSR count). The van der Waals surface area contributed by atoms with Gasteiger partial charge in [-0.2, -0.15) is 0 Å². The van der Waals surface area contributed by atoms with Gasteiger partial charge < -0.3 is 29.2 Å². The van der Waals surface area contributed by atoms with Crippen LogP contribution in [0.3, 0.4) is 0 Å². The molecule has 33 heavy (non-hydrogen) atoms. The molecule has 2 radical (unpaired) electrons. The molecule has 1 amide bonds. The molecular weight excluding hydrogens is 440 g/mol. The molecule has 2 heterocycles. The second-order valence-electron chi connectivity index (χ2n) is 8.58. The molecule has 10 heteroatoms. The number of amides is 1. The fourth-order valence-electron chi connectivity index (χ4n) is 4.88. The summed E-state index contributed by atoms with van der Waals surface area (Å²) in [6, 6.07) is 11.6. The summed E-state index contributed by atoms with van der Waals surface area (Å²) >= 11 is 0. The molecule has 0 aromatic heterocycles. The second kappa shape index (κ2) is 9.33. The molecule has 172 valence electrons. The number of anilines is 1. The number of carbonyl (C=O) groups excluding carboxylic acids is 2. The van der Waals surface area contributed by atoms with E-state index in [-0.39, 0.29) is 30.2 Å². The van der Waals surface area contributed by atoms with Gasteiger partial charge in [-0.05, 0) is 19.1 Å². The maximum Gasteiger partial charge on any atom is 0.358 e. The number of fused-ring (bicyclic) bond motifs is 2. The molecule has 1 saturated heterocycles. The summed E-state index contributed by atoms with van der Waals surface area (Å²) in [5.74, 6) is -0.971. The zero-order valence-corrected chi connectivity index (χ0v) is 20.0. The molecule has 2 N–H and O–H groups in total. The van der Waals surface area contributed by atoms with E-state index in [1.807, 2.05) is 62.3 Å². The minimum Gasteiger partial charge on any atom is -0.488 e. The fourth-order valence-corrected chi connectivity index (χ4v) is 5.13. The Kier molecular flexibility index (Phi) is 6.66. The number of benzene rings is 2. The minimum absolute atomic E-state index is 0.114. The Bertz CT molecular complexity index is 1120. The number of rotatable bonds is 8. The number of nitrogens with zero attached hydrogens (tertiary/aromatic N) is 2. The van der Waals surface area contributed by atoms with E-state index >= 15 is 0 Å². The van der Waals surface area contributed by atoms with E-state index in [1.54, 1.807) is 6.92 Å². The van der Waals surface area contributed by atoms with Gasteiger partial charge in [0.25, 0.3) is 0 Å². The Morgan fingerprint density at radius 2 is 1.97 bits per heavy atom. The molecule has 2 aromatic rings. The van der Waals surface area contributed by atoms with Crippen LogP contribution in [0.1, 0.15) is 13.8 Å². The van der Waals surface area contributed by atoms with Gasteiger partial charge in [-0.15, -0.1) is 0 Å². The first kappa shape index (κ1) is 23.5. The Labute approximate surface area is 196 Å². The van der Waals surface area contributed by atoms with Crippen LogP contribution in [0.2, 0.25) is 0 Å². The SMILES string of the molecule is [B]NPOC(=O)C1=C(COc2cccc3c(N(C)C)cccc23)[C@H](C)[C@@H]2[C@@H]([C@@H](C)O)C(=O)N12. The number of β-lactam (4-membered cyclic amide) rings is 1. The topological polar surface area (TPSA) is 91.3 Å². The van der Waals surface area contributed by atoms with E-state index in [0.717, 1.165) is 16.5 Å². The summed E-state index contributed by atoms with van der Waals surface area (Å²) in [4.78, 5) is 31.4. The fraction of sp³-hybridized carbons (Fsp3) is 0.391. The van der Waals surface area contributed by atoms with E-state index in [2.05, 4.69) is 5.00 Å². The van der Waals surface area contributed by atoms with Crippen molar-refractivity contribution in [2.24, 2.45) is 11.8 Å². The standard InChI is InChI=1S/C23H27BN3O5P/c1-12-16(11-31-18-10-6-7-14-15(18)8-5-9-17(14)26(3)4)21(23(30)32-33-25-24)27-20(12)19(13(2)28)22(27)29/h5-10,12-13,19-20,25,28,33H,11H2,1-4H3/t12-,13+,19+,20+/m0/s1. The molecule has 0 spiro atoms. The van der Waals surface area contributed by atoms with E-state index in [1.165, 1.54) is 4.90 Å². The van der Waals surface area contributed by atoms with Crippen molar-refractivity contribution in [1.29, 1.82) is 0 Å². The van der Waals surface area contributed by atoms with E-state index in [0.29, 0.717) is 11.3 Å². The monoisotopic (exact) mass is 467 g/mol. The lowest BCUT2D eigenvalue weighted by atomic mass is 9.78. The number of nitrogens with one attached hydrogen (secondary N) is 1. The van der Waals surface area contributed by atoms with Crippen LogP contribution in [0.4, 0.5) is 5.69 Å². The van der Waals surface area contributed by atoms with Crippen molar-refractivity contribution in [3.8, 4) is 5.75 Å². The zero-order valence-electron chi connectivity index (χ0n) is 19.0. The molecule has 2 aliphatic heterocycles. The van der Waals surface area contributed by atoms with Crippen molar-refractivity contribution in [3.05, 3.63) is 47.7 Å². The molecule has 1 unspecified atom stereocenters. The maximum atomic E-state index is 12.8. The van der Waals surface area contributed by atoms with Gasteiger partial charge in [0.1, 0.15) is 27.0 Å². The van der Waals surface area contributed by atoms with Gasteiger partial charge >= 0.3 is 5.97 Å². The van der Waals surface area contributed by atoms with Gasteiger partial charge in [-0.25, -0.2) is 4.79 Å². The van der Waals surface area contributed by atoms with E-state index < -0.39 is 26.9 Å². The summed E-state index contributed by atoms with van der Waals surface area (Å²) in [5.41, 5.74) is 1.93. The van der Waals surface area contributed by atoms with Crippen LogP contribution in [-0.2, 0) is 14.1 Å². The van der Waals surface area contributed by atoms with Gasteiger partial charge in [0, 0.05) is 42.0 Å². The summed E-state index contributed by atoms with van der Waals surface area (Å²) in [7, 11) is 8.79. The molecule has 0 bridgehead atoms. The predicted molar refractivity (Wildman–Crippen MR) is 129 cm³/mol. The number of carbonyl (C=O) groups is 2. The molecule has 5 atom stereocenters. The summed E-state index contributed by atoms with van der Waals surface area (Å²) in [6.07, 6.45) is -0.811. The van der Waals surface area contributed by atoms with Crippen molar-refractivity contribution in [2.75, 3.05) is 25.6 Å². The number of aliphatic hydroxyl groups excluding tert-OH is 1. The summed E-state index contributed by atoms with van der Waals surface area (Å²) in [6.45, 7) is 3.65. The number of hydrogen-bond donors (Lipinski definition) is 2. The molecule has 0 saturated carbocycles. The van der Waals surface area contributed by atoms with Gasteiger partial charge in [0.2, 0.25) is 5.91 Å². The lowest BCUT2D eigenvalue weighted by Gasteiger charge is -2.46. The highest BCUT2D eigenvalue weighted by atomic mass is 31.1. The van der Waals surface area contributed by atoms with Crippen molar-refractivity contribution in [3.63, 3.8) is 0 Å². The van der Waals surface area contributed by atoms with Crippen LogP contribution in [-0.4, -0.2) is 62.7 Å².